The third kappa shape index (κ3) is 4.38. The minimum absolute atomic E-state index is 0.480. The predicted molar refractivity (Wildman–Crippen MR) is 56.3 cm³/mol. The van der Waals surface area contributed by atoms with Gasteiger partial charge in [-0.15, -0.1) is 0 Å². The number of nitrogens with zero attached hydrogens (tertiary/aromatic N) is 1. The molecule has 1 unspecified atom stereocenters. The van der Waals surface area contributed by atoms with Crippen LogP contribution in [0.2, 0.25) is 0 Å². The lowest BCUT2D eigenvalue weighted by Crippen LogP contribution is -2.45. The molecule has 2 atom stereocenters. The summed E-state index contributed by atoms with van der Waals surface area (Å²) >= 11 is 0. The predicted octanol–water partition coefficient (Wildman–Crippen LogP) is -2.18. The molecule has 1 amide bonds. The summed E-state index contributed by atoms with van der Waals surface area (Å²) in [4.78, 5) is 40.8. The van der Waals surface area contributed by atoms with E-state index >= 15 is 0 Å². The van der Waals surface area contributed by atoms with E-state index in [1.54, 1.807) is 0 Å². The maximum atomic E-state index is 11.3. The van der Waals surface area contributed by atoms with Gasteiger partial charge in [-0.05, 0) is 6.92 Å². The number of ketones is 1. The Hall–Kier alpha value is -0.790. The molecular weight excluding hydrogens is 237 g/mol. The zero-order valence-electron chi connectivity index (χ0n) is 9.03. The van der Waals surface area contributed by atoms with E-state index in [0.29, 0.717) is 0 Å². The van der Waals surface area contributed by atoms with Crippen molar-refractivity contribution >= 4 is 19.3 Å². The largest absolute Gasteiger partial charge is 0.349 e. The van der Waals surface area contributed by atoms with Gasteiger partial charge in [0.25, 0.3) is 0 Å². The van der Waals surface area contributed by atoms with E-state index in [9.17, 15) is 14.2 Å². The highest BCUT2D eigenvalue weighted by molar-refractivity contribution is 7.53. The molecule has 6 N–H and O–H groups in total. The van der Waals surface area contributed by atoms with E-state index in [2.05, 4.69) is 0 Å². The second kappa shape index (κ2) is 5.51. The van der Waals surface area contributed by atoms with Crippen molar-refractivity contribution in [2.75, 3.05) is 13.6 Å². The van der Waals surface area contributed by atoms with Crippen LogP contribution in [0, 0.1) is 0 Å². The topological polar surface area (TPSA) is 147 Å². The number of rotatable bonds is 5. The van der Waals surface area contributed by atoms with Gasteiger partial charge in [-0.2, -0.15) is 0 Å². The zero-order valence-corrected chi connectivity index (χ0v) is 9.92. The lowest BCUT2D eigenvalue weighted by Gasteiger charge is -2.20. The average molecular weight is 253 g/mol. The van der Waals surface area contributed by atoms with Crippen LogP contribution in [0.25, 0.3) is 0 Å². The molecule has 0 aromatic heterocycles. The van der Waals surface area contributed by atoms with Gasteiger partial charge in [0.05, 0.1) is 12.6 Å². The summed E-state index contributed by atoms with van der Waals surface area (Å²) in [5, 5.41) is 0. The molecule has 8 nitrogen and oxygen atoms in total. The number of carbonyl (C=O) groups excluding carboxylic acids is 2. The first kappa shape index (κ1) is 15.2. The van der Waals surface area contributed by atoms with Gasteiger partial charge in [0.2, 0.25) is 5.91 Å². The molecule has 0 saturated heterocycles. The molecule has 0 saturated carbocycles. The van der Waals surface area contributed by atoms with Crippen molar-refractivity contribution < 1.29 is 23.9 Å². The fraction of sp³-hybridized carbons (Fsp3) is 0.714. The molecule has 0 aliphatic carbocycles. The number of amides is 1. The van der Waals surface area contributed by atoms with E-state index in [4.69, 9.17) is 21.3 Å². The minimum Gasteiger partial charge on any atom is -0.337 e. The SMILES string of the molecule is C[C@H](N)C(=O)N(C)CC(=O)C(N)P(=O)(O)O. The van der Waals surface area contributed by atoms with Crippen molar-refractivity contribution in [3.8, 4) is 0 Å². The van der Waals surface area contributed by atoms with Gasteiger partial charge in [0.15, 0.2) is 11.6 Å². The Balaban J connectivity index is 4.48. The fourth-order valence-electron chi connectivity index (χ4n) is 0.940. The fourth-order valence-corrected chi connectivity index (χ4v) is 1.40. The molecule has 0 radical (unpaired) electrons. The van der Waals surface area contributed by atoms with Crippen molar-refractivity contribution in [1.29, 1.82) is 0 Å². The van der Waals surface area contributed by atoms with Crippen molar-refractivity contribution in [2.24, 2.45) is 11.5 Å². The molecule has 0 fully saturated rings. The summed E-state index contributed by atoms with van der Waals surface area (Å²) < 4.78 is 10.7. The molecule has 0 spiro atoms. The summed E-state index contributed by atoms with van der Waals surface area (Å²) in [6.45, 7) is 0.957. The van der Waals surface area contributed by atoms with Crippen LogP contribution in [0.3, 0.4) is 0 Å². The lowest BCUT2D eigenvalue weighted by atomic mass is 10.3. The quantitative estimate of drug-likeness (QED) is 0.407. The number of hydrogen-bond donors (Lipinski definition) is 4. The van der Waals surface area contributed by atoms with Crippen LogP contribution in [0.15, 0.2) is 0 Å². The number of hydrogen-bond acceptors (Lipinski definition) is 5. The average Bonchev–Trinajstić information content (AvgIpc) is 2.13. The molecule has 0 aliphatic heterocycles. The standard InChI is InChI=1S/C7H16N3O5P/c1-4(8)7(12)10(2)3-5(11)6(9)16(13,14)15/h4,6H,3,8-9H2,1-2H3,(H2,13,14,15)/t4-,6?/m0/s1. The number of likely N-dealkylation sites (N-methyl/N-ethyl adjacent to an activating group) is 1. The van der Waals surface area contributed by atoms with Crippen molar-refractivity contribution in [2.45, 2.75) is 18.7 Å². The van der Waals surface area contributed by atoms with Gasteiger partial charge in [-0.3, -0.25) is 14.2 Å². The highest BCUT2D eigenvalue weighted by Crippen LogP contribution is 2.38. The smallest absolute Gasteiger partial charge is 0.337 e. The number of Topliss-reactive ketones (excluding diaryl/α,β-unsaturated/α-hetero) is 1. The van der Waals surface area contributed by atoms with Gasteiger partial charge < -0.3 is 26.2 Å². The number of carbonyl (C=O) groups is 2. The Bertz CT molecular complexity index is 326. The Morgan fingerprint density at radius 3 is 2.12 bits per heavy atom. The van der Waals surface area contributed by atoms with Gasteiger partial charge in [-0.1, -0.05) is 0 Å². The molecule has 94 valence electrons. The second-order valence-electron chi connectivity index (χ2n) is 3.48. The second-order valence-corrected chi connectivity index (χ2v) is 5.22. The lowest BCUT2D eigenvalue weighted by molar-refractivity contribution is -0.134. The zero-order chi connectivity index (χ0) is 13.1. The first-order valence-corrected chi connectivity index (χ1v) is 6.09. The maximum Gasteiger partial charge on any atom is 0.349 e. The molecule has 0 bridgehead atoms. The van der Waals surface area contributed by atoms with Crippen molar-refractivity contribution in [1.82, 2.24) is 4.90 Å². The van der Waals surface area contributed by atoms with Gasteiger partial charge >= 0.3 is 7.60 Å². The van der Waals surface area contributed by atoms with Crippen LogP contribution < -0.4 is 11.5 Å². The summed E-state index contributed by atoms with van der Waals surface area (Å²) in [6, 6.07) is -0.788. The molecule has 0 aromatic rings. The normalized spacial score (nSPS) is 15.4. The molecule has 9 heteroatoms. The van der Waals surface area contributed by atoms with Crippen molar-refractivity contribution in [3.63, 3.8) is 0 Å². The highest BCUT2D eigenvalue weighted by Gasteiger charge is 2.32. The van der Waals surface area contributed by atoms with Crippen LogP contribution in [-0.2, 0) is 14.2 Å². The first-order valence-electron chi connectivity index (χ1n) is 4.41. The maximum absolute atomic E-state index is 11.3. The molecule has 0 aromatic carbocycles. The van der Waals surface area contributed by atoms with E-state index in [-0.39, 0.29) is 0 Å². The van der Waals surface area contributed by atoms with Gasteiger partial charge in [0, 0.05) is 7.05 Å². The van der Waals surface area contributed by atoms with Crippen molar-refractivity contribution in [3.05, 3.63) is 0 Å². The van der Waals surface area contributed by atoms with Crippen LogP contribution in [0.5, 0.6) is 0 Å². The monoisotopic (exact) mass is 253 g/mol. The van der Waals surface area contributed by atoms with Crippen LogP contribution >= 0.6 is 7.60 Å². The molecule has 16 heavy (non-hydrogen) atoms. The van der Waals surface area contributed by atoms with Crippen LogP contribution in [0.4, 0.5) is 0 Å². The van der Waals surface area contributed by atoms with E-state index in [0.717, 1.165) is 4.90 Å². The third-order valence-electron chi connectivity index (χ3n) is 1.85. The van der Waals surface area contributed by atoms with Gasteiger partial charge in [-0.25, -0.2) is 0 Å². The first-order chi connectivity index (χ1) is 7.07. The van der Waals surface area contributed by atoms with E-state index in [1.807, 2.05) is 0 Å². The molecule has 0 heterocycles. The van der Waals surface area contributed by atoms with E-state index < -0.39 is 37.7 Å². The third-order valence-corrected chi connectivity index (χ3v) is 2.86. The summed E-state index contributed by atoms with van der Waals surface area (Å²) in [5.74, 6) is -3.33. The van der Waals surface area contributed by atoms with Crippen LogP contribution in [0.1, 0.15) is 6.92 Å². The summed E-state index contributed by atoms with van der Waals surface area (Å²) in [6.07, 6.45) is 0. The highest BCUT2D eigenvalue weighted by atomic mass is 31.2. The molecule has 0 aliphatic rings. The Kier molecular flexibility index (Phi) is 5.24. The minimum atomic E-state index is -4.66. The summed E-state index contributed by atoms with van der Waals surface area (Å²) in [7, 11) is -3.36. The van der Waals surface area contributed by atoms with Crippen LogP contribution in [-0.4, -0.2) is 51.8 Å². The molecular formula is C7H16N3O5P. The van der Waals surface area contributed by atoms with Gasteiger partial charge in [0.1, 0.15) is 0 Å². The number of nitrogens with two attached hydrogens (primary N) is 2. The summed E-state index contributed by atoms with van der Waals surface area (Å²) in [5.41, 5.74) is 10.3. The Morgan fingerprint density at radius 1 is 1.38 bits per heavy atom. The Labute approximate surface area is 92.7 Å². The Morgan fingerprint density at radius 2 is 1.81 bits per heavy atom. The molecule has 0 rings (SSSR count). The van der Waals surface area contributed by atoms with E-state index in [1.165, 1.54) is 14.0 Å².